The molecule has 4 aromatic rings. The number of anilines is 3. The number of methoxy groups -OCH3 is 1. The molecule has 0 aliphatic heterocycles. The lowest BCUT2D eigenvalue weighted by molar-refractivity contribution is 0.409. The number of hydrogen-bond donors (Lipinski definition) is 2. The summed E-state index contributed by atoms with van der Waals surface area (Å²) in [5.41, 5.74) is 0.448. The average Bonchev–Trinajstić information content (AvgIpc) is 3.19. The molecule has 170 valence electrons. The van der Waals surface area contributed by atoms with E-state index >= 15 is 0 Å². The average molecular weight is 491 g/mol. The Labute approximate surface area is 191 Å². The molecule has 2 aromatic carbocycles. The number of nitrogens with zero attached hydrogens (tertiary/aromatic N) is 4. The summed E-state index contributed by atoms with van der Waals surface area (Å²) in [5, 5.41) is 11.2. The molecule has 0 fully saturated rings. The number of aromatic nitrogens is 4. The van der Waals surface area contributed by atoms with Crippen LogP contribution < -0.4 is 14.8 Å². The van der Waals surface area contributed by atoms with Crippen molar-refractivity contribution >= 4 is 38.1 Å². The van der Waals surface area contributed by atoms with Gasteiger partial charge in [0.05, 0.1) is 23.3 Å². The van der Waals surface area contributed by atoms with E-state index in [0.29, 0.717) is 10.7 Å². The third-order valence-electron chi connectivity index (χ3n) is 4.36. The predicted molar refractivity (Wildman–Crippen MR) is 119 cm³/mol. The van der Waals surface area contributed by atoms with Crippen LogP contribution in [0.4, 0.5) is 25.5 Å². The molecule has 0 aliphatic rings. The minimum Gasteiger partial charge on any atom is -0.496 e. The molecule has 13 heteroatoms. The molecule has 0 atom stereocenters. The molecule has 9 nitrogen and oxygen atoms in total. The molecular formula is C20H16F2N6O3S2. The minimum absolute atomic E-state index is 0.0159. The van der Waals surface area contributed by atoms with E-state index in [1.54, 1.807) is 6.92 Å². The fourth-order valence-corrected chi connectivity index (χ4v) is 4.68. The van der Waals surface area contributed by atoms with Gasteiger partial charge < -0.3 is 10.1 Å². The number of halogens is 2. The SMILES string of the molecule is COc1ccc(F)c(F)c1-c1ccnc(Nc2ccc(S(=O)(=O)Nc3nnc(C)s3)cc2)n1. The van der Waals surface area contributed by atoms with Gasteiger partial charge in [-0.05, 0) is 49.4 Å². The quantitative estimate of drug-likeness (QED) is 0.397. The van der Waals surface area contributed by atoms with Crippen LogP contribution in [0.25, 0.3) is 11.3 Å². The maximum atomic E-state index is 14.4. The topological polar surface area (TPSA) is 119 Å². The van der Waals surface area contributed by atoms with Gasteiger partial charge in [-0.15, -0.1) is 10.2 Å². The van der Waals surface area contributed by atoms with E-state index in [-0.39, 0.29) is 33.0 Å². The van der Waals surface area contributed by atoms with Crippen molar-refractivity contribution in [3.8, 4) is 17.0 Å². The Morgan fingerprint density at radius 3 is 2.45 bits per heavy atom. The van der Waals surface area contributed by atoms with Crippen LogP contribution in [0.3, 0.4) is 0 Å². The highest BCUT2D eigenvalue weighted by Crippen LogP contribution is 2.33. The van der Waals surface area contributed by atoms with E-state index in [4.69, 9.17) is 4.74 Å². The first-order chi connectivity index (χ1) is 15.8. The zero-order valence-electron chi connectivity index (χ0n) is 17.2. The maximum absolute atomic E-state index is 14.4. The number of benzene rings is 2. The molecule has 2 aromatic heterocycles. The van der Waals surface area contributed by atoms with Crippen molar-refractivity contribution in [2.45, 2.75) is 11.8 Å². The van der Waals surface area contributed by atoms with Crippen LogP contribution in [0.15, 0.2) is 53.6 Å². The number of nitrogens with one attached hydrogen (secondary N) is 2. The van der Waals surface area contributed by atoms with Crippen LogP contribution in [0.5, 0.6) is 5.75 Å². The van der Waals surface area contributed by atoms with Crippen molar-refractivity contribution in [1.82, 2.24) is 20.2 Å². The Morgan fingerprint density at radius 2 is 1.79 bits per heavy atom. The van der Waals surface area contributed by atoms with Gasteiger partial charge in [-0.25, -0.2) is 27.2 Å². The van der Waals surface area contributed by atoms with Gasteiger partial charge in [0.15, 0.2) is 11.6 Å². The largest absolute Gasteiger partial charge is 0.496 e. The summed E-state index contributed by atoms with van der Waals surface area (Å²) in [7, 11) is -2.50. The van der Waals surface area contributed by atoms with Crippen molar-refractivity contribution in [2.24, 2.45) is 0 Å². The van der Waals surface area contributed by atoms with E-state index in [9.17, 15) is 17.2 Å². The van der Waals surface area contributed by atoms with Crippen molar-refractivity contribution in [3.63, 3.8) is 0 Å². The highest BCUT2D eigenvalue weighted by molar-refractivity contribution is 7.93. The first-order valence-corrected chi connectivity index (χ1v) is 11.6. The molecule has 4 rings (SSSR count). The van der Waals surface area contributed by atoms with Gasteiger partial charge in [-0.1, -0.05) is 11.3 Å². The minimum atomic E-state index is -3.84. The van der Waals surface area contributed by atoms with Crippen LogP contribution in [0.1, 0.15) is 5.01 Å². The van der Waals surface area contributed by atoms with Crippen molar-refractivity contribution in [2.75, 3.05) is 17.1 Å². The number of ether oxygens (including phenoxy) is 1. The van der Waals surface area contributed by atoms with E-state index in [2.05, 4.69) is 30.2 Å². The van der Waals surface area contributed by atoms with E-state index in [0.717, 1.165) is 17.4 Å². The third kappa shape index (κ3) is 4.88. The second-order valence-electron chi connectivity index (χ2n) is 6.59. The first kappa shape index (κ1) is 22.5. The number of rotatable bonds is 7. The zero-order chi connectivity index (χ0) is 23.6. The Balaban J connectivity index is 1.56. The van der Waals surface area contributed by atoms with Crippen LogP contribution in [-0.4, -0.2) is 35.7 Å². The molecule has 0 spiro atoms. The van der Waals surface area contributed by atoms with Crippen molar-refractivity contribution in [3.05, 3.63) is 65.3 Å². The summed E-state index contributed by atoms with van der Waals surface area (Å²) < 4.78 is 60.7. The third-order valence-corrected chi connectivity index (χ3v) is 6.59. The van der Waals surface area contributed by atoms with Gasteiger partial charge in [-0.2, -0.15) is 0 Å². The van der Waals surface area contributed by atoms with Gasteiger partial charge in [0.2, 0.25) is 11.1 Å². The molecule has 0 saturated carbocycles. The number of sulfonamides is 1. The summed E-state index contributed by atoms with van der Waals surface area (Å²) in [4.78, 5) is 8.31. The highest BCUT2D eigenvalue weighted by atomic mass is 32.2. The lowest BCUT2D eigenvalue weighted by atomic mass is 10.1. The normalized spacial score (nSPS) is 11.3. The molecule has 0 saturated heterocycles. The van der Waals surface area contributed by atoms with Gasteiger partial charge in [0.1, 0.15) is 10.8 Å². The monoisotopic (exact) mass is 490 g/mol. The molecule has 0 amide bonds. The van der Waals surface area contributed by atoms with Gasteiger partial charge >= 0.3 is 0 Å². The van der Waals surface area contributed by atoms with E-state index in [1.807, 2.05) is 0 Å². The first-order valence-electron chi connectivity index (χ1n) is 9.32. The zero-order valence-corrected chi connectivity index (χ0v) is 18.8. The van der Waals surface area contributed by atoms with E-state index < -0.39 is 21.7 Å². The molecule has 0 bridgehead atoms. The molecule has 2 N–H and O–H groups in total. The molecule has 33 heavy (non-hydrogen) atoms. The highest BCUT2D eigenvalue weighted by Gasteiger charge is 2.19. The van der Waals surface area contributed by atoms with Crippen LogP contribution in [-0.2, 0) is 10.0 Å². The fourth-order valence-electron chi connectivity index (χ4n) is 2.86. The Morgan fingerprint density at radius 1 is 1.03 bits per heavy atom. The Kier molecular flexibility index (Phi) is 6.16. The fraction of sp³-hybridized carbons (Fsp3) is 0.100. The van der Waals surface area contributed by atoms with Gasteiger partial charge in [0, 0.05) is 11.9 Å². The molecular weight excluding hydrogens is 474 g/mol. The number of hydrogen-bond acceptors (Lipinski definition) is 9. The van der Waals surface area contributed by atoms with Gasteiger partial charge in [0.25, 0.3) is 10.0 Å². The summed E-state index contributed by atoms with van der Waals surface area (Å²) >= 11 is 1.12. The summed E-state index contributed by atoms with van der Waals surface area (Å²) in [6.45, 7) is 1.71. The molecule has 0 unspecified atom stereocenters. The summed E-state index contributed by atoms with van der Waals surface area (Å²) in [6.07, 6.45) is 1.38. The summed E-state index contributed by atoms with van der Waals surface area (Å²) in [6, 6.07) is 9.49. The van der Waals surface area contributed by atoms with Crippen LogP contribution >= 0.6 is 11.3 Å². The maximum Gasteiger partial charge on any atom is 0.263 e. The van der Waals surface area contributed by atoms with Crippen molar-refractivity contribution in [1.29, 1.82) is 0 Å². The summed E-state index contributed by atoms with van der Waals surface area (Å²) in [5.74, 6) is -1.91. The van der Waals surface area contributed by atoms with E-state index in [1.165, 1.54) is 49.7 Å². The lowest BCUT2D eigenvalue weighted by Gasteiger charge is -2.11. The van der Waals surface area contributed by atoms with Crippen molar-refractivity contribution < 1.29 is 21.9 Å². The second kappa shape index (κ2) is 9.03. The smallest absolute Gasteiger partial charge is 0.263 e. The molecule has 0 radical (unpaired) electrons. The lowest BCUT2D eigenvalue weighted by Crippen LogP contribution is -2.12. The Hall–Kier alpha value is -3.71. The predicted octanol–water partition coefficient (Wildman–Crippen LogP) is 4.13. The number of aryl methyl sites for hydroxylation is 1. The molecule has 0 aliphatic carbocycles. The van der Waals surface area contributed by atoms with Crippen LogP contribution in [0.2, 0.25) is 0 Å². The van der Waals surface area contributed by atoms with Crippen LogP contribution in [0, 0.1) is 18.6 Å². The molecule has 2 heterocycles. The standard InChI is InChI=1S/C20H16F2N6O3S2/c1-11-26-27-20(32-11)28-33(29,30)13-5-3-12(4-6-13)24-19-23-10-9-15(25-19)17-16(31-2)8-7-14(21)18(17)22/h3-10H,1-2H3,(H,27,28)(H,23,24,25). The Bertz CT molecular complexity index is 1410. The van der Waals surface area contributed by atoms with Gasteiger partial charge in [-0.3, -0.25) is 4.72 Å². The second-order valence-corrected chi connectivity index (χ2v) is 9.45.